The molecule has 5 saturated carbocycles. The number of nitrogens with one attached hydrogen (secondary N) is 11. The van der Waals surface area contributed by atoms with Crippen molar-refractivity contribution in [3.8, 4) is 0 Å². The van der Waals surface area contributed by atoms with Crippen molar-refractivity contribution in [3.05, 3.63) is 0 Å². The van der Waals surface area contributed by atoms with Gasteiger partial charge < -0.3 is 63.2 Å². The lowest BCUT2D eigenvalue weighted by molar-refractivity contribution is -0.0832. The smallest absolute Gasteiger partial charge is 0.0831 e. The van der Waals surface area contributed by atoms with Crippen LogP contribution in [-0.4, -0.2) is 156 Å². The molecule has 726 valence electrons. The number of piperidine rings is 6. The van der Waals surface area contributed by atoms with Gasteiger partial charge in [-0.05, 0) is 290 Å². The highest BCUT2D eigenvalue weighted by Gasteiger charge is 2.40. The molecule has 12 heteroatoms. The van der Waals surface area contributed by atoms with E-state index in [2.05, 4.69) is 183 Å². The molecular weight excluding hydrogens is 1440 g/mol. The second-order valence-electron chi connectivity index (χ2n) is 37.8. The van der Waals surface area contributed by atoms with Gasteiger partial charge in [-0.25, -0.2) is 0 Å². The summed E-state index contributed by atoms with van der Waals surface area (Å²) in [6.07, 6.45) is 69.6. The van der Waals surface area contributed by atoms with E-state index in [0.29, 0.717) is 5.41 Å². The molecule has 11 heterocycles. The minimum Gasteiger partial charge on any atom is -0.372 e. The molecule has 11 aliphatic heterocycles. The van der Waals surface area contributed by atoms with Gasteiger partial charge in [0.05, 0.1) is 12.2 Å². The molecule has 0 aromatic rings. The summed E-state index contributed by atoms with van der Waals surface area (Å²) in [4.78, 5) is 0. The van der Waals surface area contributed by atoms with E-state index < -0.39 is 0 Å². The van der Waals surface area contributed by atoms with E-state index in [4.69, 9.17) is 4.74 Å². The van der Waals surface area contributed by atoms with Crippen LogP contribution in [0.1, 0.15) is 499 Å². The summed E-state index contributed by atoms with van der Waals surface area (Å²) in [5.74, 6) is 0. The van der Waals surface area contributed by atoms with Crippen LogP contribution in [0.5, 0.6) is 0 Å². The summed E-state index contributed by atoms with van der Waals surface area (Å²) < 4.78 is 5.80. The third kappa shape index (κ3) is 63.5. The molecule has 0 aromatic carbocycles. The first-order valence-corrected chi connectivity index (χ1v) is 50.0. The van der Waals surface area contributed by atoms with Crippen molar-refractivity contribution in [1.82, 2.24) is 58.5 Å². The molecule has 0 aromatic heterocycles. The molecular formula is C106H241N11O. The fourth-order valence-corrected chi connectivity index (χ4v) is 19.2. The van der Waals surface area contributed by atoms with Crippen molar-refractivity contribution < 1.29 is 4.74 Å². The highest BCUT2D eigenvalue weighted by atomic mass is 16.5. The van der Waals surface area contributed by atoms with Gasteiger partial charge in [-0.3, -0.25) is 0 Å². The topological polar surface area (TPSA) is 142 Å². The Morgan fingerprint density at radius 1 is 0.153 bits per heavy atom. The van der Waals surface area contributed by atoms with E-state index in [1.54, 1.807) is 0 Å². The first-order chi connectivity index (χ1) is 53.5. The molecule has 16 aliphatic rings. The van der Waals surface area contributed by atoms with Crippen LogP contribution in [-0.2, 0) is 4.74 Å². The zero-order valence-electron chi connectivity index (χ0n) is 78.8. The molecule has 16 fully saturated rings. The molecule has 0 radical (unpaired) electrons. The first-order valence-electron chi connectivity index (χ1n) is 50.0. The predicted octanol–water partition coefficient (Wildman–Crippen LogP) is 28.7. The summed E-state index contributed by atoms with van der Waals surface area (Å²) in [5, 5.41) is 37.8. The highest BCUT2D eigenvalue weighted by molar-refractivity contribution is 4.97. The third-order valence-electron chi connectivity index (χ3n) is 25.4. The number of morpholine rings is 1. The summed E-state index contributed by atoms with van der Waals surface area (Å²) >= 11 is 0. The number of ether oxygens (including phenoxy) is 1. The maximum Gasteiger partial charge on any atom is 0.0831 e. The number of rotatable bonds is 0. The third-order valence-corrected chi connectivity index (χ3v) is 25.4. The van der Waals surface area contributed by atoms with Crippen molar-refractivity contribution in [2.45, 2.75) is 504 Å². The van der Waals surface area contributed by atoms with Crippen molar-refractivity contribution in [1.29, 1.82) is 0 Å². The van der Waals surface area contributed by atoms with E-state index in [1.165, 1.54) is 432 Å². The lowest BCUT2D eigenvalue weighted by atomic mass is 9.68. The number of hydrogen-bond donors (Lipinski definition) is 11. The van der Waals surface area contributed by atoms with E-state index in [0.717, 1.165) is 65.3 Å². The van der Waals surface area contributed by atoms with Gasteiger partial charge in [-0.1, -0.05) is 338 Å². The monoisotopic (exact) mass is 1680 g/mol. The molecule has 0 unspecified atom stereocenters. The van der Waals surface area contributed by atoms with Crippen LogP contribution in [0.3, 0.4) is 0 Å². The Hall–Kier alpha value is -0.480. The largest absolute Gasteiger partial charge is 0.372 e. The van der Waals surface area contributed by atoms with E-state index >= 15 is 0 Å². The van der Waals surface area contributed by atoms with Crippen LogP contribution in [0, 0.1) is 37.9 Å². The maximum atomic E-state index is 5.80. The fourth-order valence-electron chi connectivity index (χ4n) is 19.2. The minimum absolute atomic E-state index is 0. The zero-order chi connectivity index (χ0) is 81.4. The van der Waals surface area contributed by atoms with Gasteiger partial charge in [0.1, 0.15) is 0 Å². The van der Waals surface area contributed by atoms with Crippen LogP contribution in [0.15, 0.2) is 0 Å². The molecule has 0 amide bonds. The summed E-state index contributed by atoms with van der Waals surface area (Å²) in [5.41, 5.74) is 5.47. The molecule has 118 heavy (non-hydrogen) atoms. The van der Waals surface area contributed by atoms with E-state index in [-0.39, 0.29) is 65.0 Å². The molecule has 8 spiro atoms. The zero-order valence-corrected chi connectivity index (χ0v) is 78.8. The van der Waals surface area contributed by atoms with Crippen LogP contribution in [0.4, 0.5) is 0 Å². The average molecular weight is 1690 g/mol. The Bertz CT molecular complexity index is 1500. The summed E-state index contributed by atoms with van der Waals surface area (Å²) in [7, 11) is 0. The fraction of sp³-hybridized carbons (Fsp3) is 1.00. The molecule has 11 N–H and O–H groups in total. The van der Waals surface area contributed by atoms with Crippen LogP contribution >= 0.6 is 0 Å². The molecule has 0 bridgehead atoms. The lowest BCUT2D eigenvalue weighted by Crippen LogP contribution is -2.57. The normalized spacial score (nSPS) is 23.1. The number of hydrogen-bond acceptors (Lipinski definition) is 12. The van der Waals surface area contributed by atoms with Crippen molar-refractivity contribution in [2.75, 3.05) is 151 Å². The first kappa shape index (κ1) is 135. The summed E-state index contributed by atoms with van der Waals surface area (Å²) in [6.45, 7) is 66.3. The maximum absolute atomic E-state index is 5.80. The van der Waals surface area contributed by atoms with Crippen LogP contribution < -0.4 is 58.5 Å². The second-order valence-corrected chi connectivity index (χ2v) is 37.8. The molecule has 5 aliphatic carbocycles. The average Bonchev–Trinajstić information content (AvgIpc) is 1.23. The highest BCUT2D eigenvalue weighted by Crippen LogP contribution is 2.46. The Labute approximate surface area is 751 Å². The van der Waals surface area contributed by atoms with E-state index in [1.807, 2.05) is 0 Å². The second kappa shape index (κ2) is 89.9. The van der Waals surface area contributed by atoms with Gasteiger partial charge in [0.2, 0.25) is 0 Å². The van der Waals surface area contributed by atoms with Crippen LogP contribution in [0.2, 0.25) is 0 Å². The van der Waals surface area contributed by atoms with Gasteiger partial charge in [0.25, 0.3) is 0 Å². The standard InChI is InChI=1S/3C10H19N.2C9H17N.C8H16N2O.C8H16N2.C7H14N2.9C3H8.8CH4/c1-2-5-10(6-3-1)7-4-8-11-9-10;2*1-2-4-10(5-3-1)6-8-11-9-7-10;2*1-2-4-9(5-3-1)6-7-10-8-9;1-3-9-4-2-8(1)7-10-5-6-11-8;1-4-9-5-2-8(1)3-6-10-7-8;1-3-8-4-2-7(1)5-9-6-7;9*1-3-2;;;;;;;;/h3*11H,1-9H2;2*10H,1-8H2;9-10H,1-7H2;9-10H,1-7H2;8-9H,1-6H2;9*3H2,1-2H3;8*1H4. The van der Waals surface area contributed by atoms with Crippen LogP contribution in [0.25, 0.3) is 0 Å². The molecule has 0 atom stereocenters. The Kier molecular flexibility index (Phi) is 103. The summed E-state index contributed by atoms with van der Waals surface area (Å²) in [6, 6.07) is 0. The van der Waals surface area contributed by atoms with Gasteiger partial charge >= 0.3 is 0 Å². The van der Waals surface area contributed by atoms with Gasteiger partial charge in [0.15, 0.2) is 0 Å². The molecule has 16 rings (SSSR count). The Balaban J connectivity index is -0.000000156. The Morgan fingerprint density at radius 3 is 0.517 bits per heavy atom. The van der Waals surface area contributed by atoms with Gasteiger partial charge in [-0.15, -0.1) is 0 Å². The Morgan fingerprint density at radius 2 is 0.322 bits per heavy atom. The van der Waals surface area contributed by atoms with E-state index in [9.17, 15) is 0 Å². The SMILES string of the molecule is C.C.C.C.C.C.C.C.C1CC2(CCN1)CCNC2.C1CC2(CCN1)CNC2.C1CC2(CCN1)CNCCO2.C1CCC2(CC1)CCCNC2.C1CCC2(CC1)CCNC2.C1CCC2(CC1)CCNC2.C1CCC2(CC1)CCNCC2.C1CCC2(CC1)CCNCC2.CCC.CCC.CCC.CCC.CCC.CCC.CCC.CCC.CCC. The molecule has 12 nitrogen and oxygen atoms in total. The lowest BCUT2D eigenvalue weighted by Gasteiger charge is -2.45. The predicted molar refractivity (Wildman–Crippen MR) is 549 cm³/mol. The minimum atomic E-state index is 0. The van der Waals surface area contributed by atoms with Gasteiger partial charge in [0, 0.05) is 52.4 Å². The van der Waals surface area contributed by atoms with Crippen molar-refractivity contribution in [3.63, 3.8) is 0 Å². The van der Waals surface area contributed by atoms with Gasteiger partial charge in [-0.2, -0.15) is 0 Å². The quantitative estimate of drug-likeness (QED) is 0.112. The van der Waals surface area contributed by atoms with Crippen molar-refractivity contribution in [2.24, 2.45) is 37.9 Å². The van der Waals surface area contributed by atoms with Crippen molar-refractivity contribution >= 4 is 0 Å². The molecule has 11 saturated heterocycles.